The SMILES string of the molecule is O=C(Cc1cccc(C(F)(F)F)c1)Nc1cc(C(F)(F)F)c[nH]c1=O. The third kappa shape index (κ3) is 4.85. The summed E-state index contributed by atoms with van der Waals surface area (Å²) in [5.74, 6) is -0.927. The van der Waals surface area contributed by atoms with Crippen LogP contribution in [0.2, 0.25) is 0 Å². The molecule has 1 heterocycles. The van der Waals surface area contributed by atoms with Gasteiger partial charge >= 0.3 is 12.4 Å². The van der Waals surface area contributed by atoms with Gasteiger partial charge in [0.1, 0.15) is 5.69 Å². The number of amides is 1. The second-order valence-electron chi connectivity index (χ2n) is 5.05. The molecule has 1 aromatic carbocycles. The van der Waals surface area contributed by atoms with Crippen molar-refractivity contribution in [2.45, 2.75) is 18.8 Å². The van der Waals surface area contributed by atoms with E-state index in [9.17, 15) is 35.9 Å². The van der Waals surface area contributed by atoms with E-state index >= 15 is 0 Å². The van der Waals surface area contributed by atoms with Crippen molar-refractivity contribution in [3.63, 3.8) is 0 Å². The number of alkyl halides is 6. The van der Waals surface area contributed by atoms with Gasteiger partial charge in [-0.3, -0.25) is 9.59 Å². The molecule has 0 aliphatic rings. The quantitative estimate of drug-likeness (QED) is 0.818. The van der Waals surface area contributed by atoms with E-state index in [-0.39, 0.29) is 5.56 Å². The Bertz CT molecular complexity index is 839. The van der Waals surface area contributed by atoms with Gasteiger partial charge in [0.25, 0.3) is 5.56 Å². The summed E-state index contributed by atoms with van der Waals surface area (Å²) in [6.07, 6.45) is -9.42. The fourth-order valence-corrected chi connectivity index (χ4v) is 1.98. The second-order valence-corrected chi connectivity index (χ2v) is 5.05. The van der Waals surface area contributed by atoms with Gasteiger partial charge in [-0.25, -0.2) is 0 Å². The molecule has 0 aliphatic carbocycles. The lowest BCUT2D eigenvalue weighted by Gasteiger charge is -2.10. The van der Waals surface area contributed by atoms with E-state index in [1.165, 1.54) is 6.07 Å². The molecule has 0 atom stereocenters. The molecule has 0 saturated heterocycles. The Morgan fingerprint density at radius 2 is 1.64 bits per heavy atom. The summed E-state index contributed by atoms with van der Waals surface area (Å²) in [7, 11) is 0. The summed E-state index contributed by atoms with van der Waals surface area (Å²) in [5, 5.41) is 1.97. The van der Waals surface area contributed by atoms with Crippen LogP contribution in [-0.4, -0.2) is 10.9 Å². The monoisotopic (exact) mass is 364 g/mol. The first-order chi connectivity index (χ1) is 11.5. The van der Waals surface area contributed by atoms with Gasteiger partial charge in [0, 0.05) is 6.20 Å². The summed E-state index contributed by atoms with van der Waals surface area (Å²) >= 11 is 0. The Hall–Kier alpha value is -2.78. The van der Waals surface area contributed by atoms with E-state index in [4.69, 9.17) is 0 Å². The molecule has 134 valence electrons. The minimum absolute atomic E-state index is 0.00395. The molecule has 25 heavy (non-hydrogen) atoms. The van der Waals surface area contributed by atoms with Crippen LogP contribution in [0.3, 0.4) is 0 Å². The molecule has 2 N–H and O–H groups in total. The molecule has 4 nitrogen and oxygen atoms in total. The average Bonchev–Trinajstić information content (AvgIpc) is 2.47. The number of aromatic nitrogens is 1. The standard InChI is InChI=1S/C15H10F6N2O2/c16-14(17,18)9-3-1-2-8(4-9)5-12(24)23-11-6-10(15(19,20)21)7-22-13(11)25/h1-4,6-7H,5H2,(H,22,25)(H,23,24). The Morgan fingerprint density at radius 3 is 2.24 bits per heavy atom. The van der Waals surface area contributed by atoms with Crippen LogP contribution in [0.1, 0.15) is 16.7 Å². The van der Waals surface area contributed by atoms with Crippen molar-refractivity contribution in [3.8, 4) is 0 Å². The van der Waals surface area contributed by atoms with Gasteiger partial charge in [-0.05, 0) is 17.7 Å². The van der Waals surface area contributed by atoms with Crippen LogP contribution in [0.4, 0.5) is 32.0 Å². The first kappa shape index (κ1) is 18.6. The van der Waals surface area contributed by atoms with Crippen molar-refractivity contribution < 1.29 is 31.1 Å². The van der Waals surface area contributed by atoms with Crippen LogP contribution in [-0.2, 0) is 23.6 Å². The number of anilines is 1. The molecule has 0 fully saturated rings. The number of hydrogen-bond donors (Lipinski definition) is 2. The maximum atomic E-state index is 12.6. The predicted molar refractivity (Wildman–Crippen MR) is 75.8 cm³/mol. The highest BCUT2D eigenvalue weighted by atomic mass is 19.4. The van der Waals surface area contributed by atoms with E-state index in [0.717, 1.165) is 18.2 Å². The van der Waals surface area contributed by atoms with Crippen molar-refractivity contribution in [1.29, 1.82) is 0 Å². The maximum Gasteiger partial charge on any atom is 0.417 e. The first-order valence-electron chi connectivity index (χ1n) is 6.73. The molecule has 0 saturated carbocycles. The van der Waals surface area contributed by atoms with Gasteiger partial charge in [-0.15, -0.1) is 0 Å². The van der Waals surface area contributed by atoms with Crippen LogP contribution in [0.25, 0.3) is 0 Å². The Morgan fingerprint density at radius 1 is 1.00 bits per heavy atom. The highest BCUT2D eigenvalue weighted by Crippen LogP contribution is 2.30. The lowest BCUT2D eigenvalue weighted by atomic mass is 10.1. The molecule has 0 bridgehead atoms. The largest absolute Gasteiger partial charge is 0.417 e. The topological polar surface area (TPSA) is 62.0 Å². The van der Waals surface area contributed by atoms with E-state index in [2.05, 4.69) is 0 Å². The number of carbonyl (C=O) groups excluding carboxylic acids is 1. The third-order valence-corrected chi connectivity index (χ3v) is 3.12. The molecule has 2 rings (SSSR count). The first-order valence-corrected chi connectivity index (χ1v) is 6.73. The average molecular weight is 364 g/mol. The third-order valence-electron chi connectivity index (χ3n) is 3.12. The van der Waals surface area contributed by atoms with Crippen LogP contribution in [0, 0.1) is 0 Å². The Balaban J connectivity index is 2.17. The van der Waals surface area contributed by atoms with Crippen LogP contribution in [0.15, 0.2) is 41.3 Å². The summed E-state index contributed by atoms with van der Waals surface area (Å²) < 4.78 is 75.6. The van der Waals surface area contributed by atoms with E-state index in [0.29, 0.717) is 12.3 Å². The number of aromatic amines is 1. The lowest BCUT2D eigenvalue weighted by molar-refractivity contribution is -0.138. The molecule has 10 heteroatoms. The minimum atomic E-state index is -4.73. The molecule has 1 aromatic heterocycles. The molecule has 0 unspecified atom stereocenters. The summed E-state index contributed by atoms with van der Waals surface area (Å²) in [4.78, 5) is 25.1. The van der Waals surface area contributed by atoms with Crippen molar-refractivity contribution in [1.82, 2.24) is 4.98 Å². The summed E-state index contributed by atoms with van der Waals surface area (Å²) in [6, 6.07) is 4.37. The van der Waals surface area contributed by atoms with Crippen LogP contribution < -0.4 is 10.9 Å². The van der Waals surface area contributed by atoms with Crippen molar-refractivity contribution >= 4 is 11.6 Å². The highest BCUT2D eigenvalue weighted by Gasteiger charge is 2.32. The predicted octanol–water partition coefficient (Wildman–Crippen LogP) is 3.59. The van der Waals surface area contributed by atoms with Gasteiger partial charge in [-0.2, -0.15) is 26.3 Å². The van der Waals surface area contributed by atoms with Gasteiger partial charge in [0.2, 0.25) is 5.91 Å². The molecule has 0 radical (unpaired) electrons. The highest BCUT2D eigenvalue weighted by molar-refractivity contribution is 5.92. The van der Waals surface area contributed by atoms with Crippen molar-refractivity contribution in [2.75, 3.05) is 5.32 Å². The lowest BCUT2D eigenvalue weighted by Crippen LogP contribution is -2.22. The number of H-pyrrole nitrogens is 1. The fourth-order valence-electron chi connectivity index (χ4n) is 1.98. The van der Waals surface area contributed by atoms with Gasteiger partial charge in [0.15, 0.2) is 0 Å². The van der Waals surface area contributed by atoms with Gasteiger partial charge in [-0.1, -0.05) is 18.2 Å². The zero-order chi connectivity index (χ0) is 18.8. The zero-order valence-electron chi connectivity index (χ0n) is 12.3. The van der Waals surface area contributed by atoms with Crippen molar-refractivity contribution in [3.05, 3.63) is 63.6 Å². The van der Waals surface area contributed by atoms with Crippen LogP contribution >= 0.6 is 0 Å². The molecule has 2 aromatic rings. The summed E-state index contributed by atoms with van der Waals surface area (Å²) in [6.45, 7) is 0. The number of pyridine rings is 1. The number of carbonyl (C=O) groups is 1. The molecule has 0 aliphatic heterocycles. The number of rotatable bonds is 3. The number of halogens is 6. The fraction of sp³-hybridized carbons (Fsp3) is 0.200. The number of hydrogen-bond acceptors (Lipinski definition) is 2. The van der Waals surface area contributed by atoms with Crippen molar-refractivity contribution in [2.24, 2.45) is 0 Å². The molecular weight excluding hydrogens is 354 g/mol. The smallest absolute Gasteiger partial charge is 0.327 e. The molecule has 1 amide bonds. The Labute approximate surface area is 136 Å². The van der Waals surface area contributed by atoms with E-state index in [1.807, 2.05) is 10.3 Å². The van der Waals surface area contributed by atoms with Gasteiger partial charge < -0.3 is 10.3 Å². The van der Waals surface area contributed by atoms with Gasteiger partial charge in [0.05, 0.1) is 17.5 Å². The van der Waals surface area contributed by atoms with E-state index in [1.54, 1.807) is 0 Å². The van der Waals surface area contributed by atoms with Crippen LogP contribution in [0.5, 0.6) is 0 Å². The second kappa shape index (κ2) is 6.61. The summed E-state index contributed by atoms with van der Waals surface area (Å²) in [5.41, 5.74) is -3.76. The number of nitrogens with one attached hydrogen (secondary N) is 2. The Kier molecular flexibility index (Phi) is 4.91. The zero-order valence-corrected chi connectivity index (χ0v) is 12.3. The maximum absolute atomic E-state index is 12.6. The number of benzene rings is 1. The minimum Gasteiger partial charge on any atom is -0.327 e. The normalized spacial score (nSPS) is 12.1. The molecular formula is C15H10F6N2O2. The van der Waals surface area contributed by atoms with E-state index < -0.39 is 47.1 Å². The molecule has 0 spiro atoms.